The quantitative estimate of drug-likeness (QED) is 0.881. The number of hydrogen-bond acceptors (Lipinski definition) is 4. The smallest absolute Gasteiger partial charge is 0.273 e. The van der Waals surface area contributed by atoms with Gasteiger partial charge in [0.25, 0.3) is 5.91 Å². The van der Waals surface area contributed by atoms with E-state index in [1.54, 1.807) is 13.0 Å². The van der Waals surface area contributed by atoms with Crippen LogP contribution in [0.3, 0.4) is 0 Å². The highest BCUT2D eigenvalue weighted by Crippen LogP contribution is 2.45. The average Bonchev–Trinajstić information content (AvgIpc) is 3.28. The number of aryl methyl sites for hydroxylation is 1. The number of carbonyl (C=O) groups excluding carboxylic acids is 1. The number of hydrogen-bond donors (Lipinski definition) is 2. The molecule has 1 aromatic heterocycles. The van der Waals surface area contributed by atoms with Gasteiger partial charge in [-0.05, 0) is 31.2 Å². The van der Waals surface area contributed by atoms with Gasteiger partial charge in [-0.15, -0.1) is 0 Å². The van der Waals surface area contributed by atoms with E-state index in [0.29, 0.717) is 5.76 Å². The fraction of sp³-hybridized carbons (Fsp3) is 0.375. The van der Waals surface area contributed by atoms with E-state index in [0.717, 1.165) is 18.4 Å². The summed E-state index contributed by atoms with van der Waals surface area (Å²) < 4.78 is 4.89. The average molecular weight is 286 g/mol. The summed E-state index contributed by atoms with van der Waals surface area (Å²) in [6, 6.07) is 11.1. The van der Waals surface area contributed by atoms with Crippen molar-refractivity contribution in [2.24, 2.45) is 5.92 Å². The predicted octanol–water partition coefficient (Wildman–Crippen LogP) is 2.01. The van der Waals surface area contributed by atoms with Crippen LogP contribution in [0, 0.1) is 12.8 Å². The van der Waals surface area contributed by atoms with Crippen LogP contribution in [0.4, 0.5) is 0 Å². The Morgan fingerprint density at radius 2 is 2.14 bits per heavy atom. The summed E-state index contributed by atoms with van der Waals surface area (Å²) in [4.78, 5) is 12.0. The molecule has 2 N–H and O–H groups in total. The van der Waals surface area contributed by atoms with Crippen molar-refractivity contribution < 1.29 is 14.4 Å². The maximum atomic E-state index is 12.0. The van der Waals surface area contributed by atoms with Gasteiger partial charge in [-0.25, -0.2) is 0 Å². The molecule has 1 aliphatic carbocycles. The van der Waals surface area contributed by atoms with Crippen LogP contribution in [0.1, 0.15) is 34.7 Å². The first-order valence-electron chi connectivity index (χ1n) is 7.09. The highest BCUT2D eigenvalue weighted by Gasteiger charge is 2.45. The molecular formula is C16H18N2O3. The molecule has 1 amide bonds. The Kier molecular flexibility index (Phi) is 3.51. The van der Waals surface area contributed by atoms with Gasteiger partial charge in [-0.3, -0.25) is 4.79 Å². The van der Waals surface area contributed by atoms with Crippen molar-refractivity contribution in [3.63, 3.8) is 0 Å². The highest BCUT2D eigenvalue weighted by molar-refractivity contribution is 5.92. The van der Waals surface area contributed by atoms with Gasteiger partial charge in [-0.1, -0.05) is 35.5 Å². The third-order valence-corrected chi connectivity index (χ3v) is 3.91. The maximum Gasteiger partial charge on any atom is 0.273 e. The molecule has 0 radical (unpaired) electrons. The predicted molar refractivity (Wildman–Crippen MR) is 76.6 cm³/mol. The molecule has 5 nitrogen and oxygen atoms in total. The zero-order chi connectivity index (χ0) is 14.9. The van der Waals surface area contributed by atoms with E-state index in [9.17, 15) is 9.90 Å². The van der Waals surface area contributed by atoms with E-state index in [-0.39, 0.29) is 24.1 Å². The van der Waals surface area contributed by atoms with E-state index >= 15 is 0 Å². The number of nitrogens with one attached hydrogen (secondary N) is 1. The molecule has 0 bridgehead atoms. The van der Waals surface area contributed by atoms with Crippen molar-refractivity contribution in [3.8, 4) is 0 Å². The monoisotopic (exact) mass is 286 g/mol. The van der Waals surface area contributed by atoms with Crippen molar-refractivity contribution in [1.82, 2.24) is 10.5 Å². The third-order valence-electron chi connectivity index (χ3n) is 3.91. The van der Waals surface area contributed by atoms with Gasteiger partial charge in [0.15, 0.2) is 5.69 Å². The van der Waals surface area contributed by atoms with E-state index in [1.165, 1.54) is 0 Å². The van der Waals surface area contributed by atoms with E-state index in [2.05, 4.69) is 10.5 Å². The molecule has 1 aliphatic rings. The highest BCUT2D eigenvalue weighted by atomic mass is 16.5. The van der Waals surface area contributed by atoms with Crippen LogP contribution >= 0.6 is 0 Å². The van der Waals surface area contributed by atoms with Gasteiger partial charge in [-0.2, -0.15) is 0 Å². The van der Waals surface area contributed by atoms with E-state index in [1.807, 2.05) is 30.3 Å². The van der Waals surface area contributed by atoms with Crippen molar-refractivity contribution in [2.45, 2.75) is 25.4 Å². The largest absolute Gasteiger partial charge is 0.383 e. The van der Waals surface area contributed by atoms with Crippen LogP contribution in [-0.4, -0.2) is 22.7 Å². The molecule has 110 valence electrons. The summed E-state index contributed by atoms with van der Waals surface area (Å²) in [5, 5.41) is 17.4. The minimum absolute atomic E-state index is 0.173. The number of aromatic nitrogens is 1. The molecule has 0 saturated heterocycles. The molecule has 1 saturated carbocycles. The first kappa shape index (κ1) is 13.8. The number of amides is 1. The second-order valence-electron chi connectivity index (χ2n) is 5.57. The molecule has 1 fully saturated rings. The molecule has 1 atom stereocenters. The van der Waals surface area contributed by atoms with Crippen molar-refractivity contribution in [1.29, 1.82) is 0 Å². The zero-order valence-corrected chi connectivity index (χ0v) is 11.9. The van der Waals surface area contributed by atoms with Gasteiger partial charge < -0.3 is 14.9 Å². The normalized spacial score (nSPS) is 17.2. The second-order valence-corrected chi connectivity index (χ2v) is 5.57. The Morgan fingerprint density at radius 1 is 1.43 bits per heavy atom. The first-order chi connectivity index (χ1) is 10.1. The lowest BCUT2D eigenvalue weighted by Crippen LogP contribution is -2.42. The minimum Gasteiger partial charge on any atom is -0.383 e. The molecule has 1 heterocycles. The second kappa shape index (κ2) is 5.33. The first-order valence-corrected chi connectivity index (χ1v) is 7.09. The zero-order valence-electron chi connectivity index (χ0n) is 11.9. The fourth-order valence-electron chi connectivity index (χ4n) is 2.55. The van der Waals surface area contributed by atoms with Crippen LogP contribution in [-0.2, 0) is 5.60 Å². The number of carbonyl (C=O) groups is 1. The molecule has 0 spiro atoms. The minimum atomic E-state index is -1.02. The Balaban J connectivity index is 1.73. The maximum absolute atomic E-state index is 12.0. The number of benzene rings is 1. The molecule has 21 heavy (non-hydrogen) atoms. The fourth-order valence-corrected chi connectivity index (χ4v) is 2.55. The molecule has 2 aromatic rings. The molecule has 0 aliphatic heterocycles. The number of aliphatic hydroxyl groups is 1. The molecule has 5 heteroatoms. The Morgan fingerprint density at radius 3 is 2.71 bits per heavy atom. The van der Waals surface area contributed by atoms with Gasteiger partial charge in [0.05, 0.1) is 6.54 Å². The Bertz CT molecular complexity index is 634. The van der Waals surface area contributed by atoms with Crippen LogP contribution < -0.4 is 5.32 Å². The van der Waals surface area contributed by atoms with Crippen LogP contribution in [0.2, 0.25) is 0 Å². The summed E-state index contributed by atoms with van der Waals surface area (Å²) in [5.41, 5.74) is 0.0539. The topological polar surface area (TPSA) is 75.4 Å². The van der Waals surface area contributed by atoms with E-state index < -0.39 is 5.60 Å². The molecule has 3 rings (SSSR count). The molecule has 0 unspecified atom stereocenters. The number of rotatable bonds is 5. The van der Waals surface area contributed by atoms with Crippen LogP contribution in [0.25, 0.3) is 0 Å². The summed E-state index contributed by atoms with van der Waals surface area (Å²) in [6.07, 6.45) is 1.95. The summed E-state index contributed by atoms with van der Waals surface area (Å²) in [7, 11) is 0. The van der Waals surface area contributed by atoms with Crippen LogP contribution in [0.15, 0.2) is 40.9 Å². The molecule has 1 aromatic carbocycles. The SMILES string of the molecule is Cc1cc(C(=O)NC[C@](O)(c2ccccc2)C2CC2)no1. The standard InChI is InChI=1S/C16H18N2O3/c1-11-9-14(18-21-11)15(19)17-10-16(20,13-7-8-13)12-5-3-2-4-6-12/h2-6,9,13,20H,7-8,10H2,1H3,(H,17,19)/t16-/m0/s1. The van der Waals surface area contributed by atoms with Crippen LogP contribution in [0.5, 0.6) is 0 Å². The van der Waals surface area contributed by atoms with Gasteiger partial charge in [0, 0.05) is 6.07 Å². The van der Waals surface area contributed by atoms with Crippen molar-refractivity contribution in [2.75, 3.05) is 6.54 Å². The lowest BCUT2D eigenvalue weighted by molar-refractivity contribution is 0.0134. The summed E-state index contributed by atoms with van der Waals surface area (Å²) >= 11 is 0. The lowest BCUT2D eigenvalue weighted by atomic mass is 9.88. The Hall–Kier alpha value is -2.14. The van der Waals surface area contributed by atoms with Gasteiger partial charge in [0.1, 0.15) is 11.4 Å². The van der Waals surface area contributed by atoms with Gasteiger partial charge in [0.2, 0.25) is 0 Å². The van der Waals surface area contributed by atoms with Gasteiger partial charge >= 0.3 is 0 Å². The molecular weight excluding hydrogens is 268 g/mol. The Labute approximate surface area is 123 Å². The summed E-state index contributed by atoms with van der Waals surface area (Å²) in [5.74, 6) is 0.446. The van der Waals surface area contributed by atoms with Crippen molar-refractivity contribution in [3.05, 3.63) is 53.4 Å². The third kappa shape index (κ3) is 2.83. The number of nitrogens with zero attached hydrogens (tertiary/aromatic N) is 1. The van der Waals surface area contributed by atoms with Crippen molar-refractivity contribution >= 4 is 5.91 Å². The van der Waals surface area contributed by atoms with E-state index in [4.69, 9.17) is 4.52 Å². The lowest BCUT2D eigenvalue weighted by Gasteiger charge is -2.29. The summed E-state index contributed by atoms with van der Waals surface area (Å²) in [6.45, 7) is 1.90.